The largest absolute Gasteiger partial charge is 0.370 e. The first-order chi connectivity index (χ1) is 17.4. The molecule has 3 fully saturated rings. The molecular formula is C29H31FN4O2. The Morgan fingerprint density at radius 1 is 1.03 bits per heavy atom. The molecule has 0 radical (unpaired) electrons. The van der Waals surface area contributed by atoms with Crippen molar-refractivity contribution in [3.8, 4) is 0 Å². The molecule has 2 amide bonds. The molecule has 4 N–H and O–H groups in total. The van der Waals surface area contributed by atoms with Crippen molar-refractivity contribution in [1.82, 2.24) is 0 Å². The maximum absolute atomic E-state index is 13.9. The fourth-order valence-corrected chi connectivity index (χ4v) is 5.42. The number of carbonyl (C=O) groups excluding carboxylic acids is 2. The van der Waals surface area contributed by atoms with E-state index in [-0.39, 0.29) is 36.1 Å². The summed E-state index contributed by atoms with van der Waals surface area (Å²) in [7, 11) is 0. The molecule has 3 aromatic rings. The lowest BCUT2D eigenvalue weighted by Gasteiger charge is -2.45. The van der Waals surface area contributed by atoms with Crippen molar-refractivity contribution in [3.63, 3.8) is 0 Å². The normalized spacial score (nSPS) is 19.8. The highest BCUT2D eigenvalue weighted by molar-refractivity contribution is 6.00. The maximum atomic E-state index is 13.9. The van der Waals surface area contributed by atoms with Gasteiger partial charge in [0.1, 0.15) is 11.9 Å². The number of piperidine rings is 2. The van der Waals surface area contributed by atoms with Gasteiger partial charge in [-0.3, -0.25) is 9.59 Å². The van der Waals surface area contributed by atoms with Gasteiger partial charge in [0, 0.05) is 41.1 Å². The molecule has 3 aliphatic rings. The van der Waals surface area contributed by atoms with E-state index < -0.39 is 6.04 Å². The van der Waals surface area contributed by atoms with E-state index in [0.717, 1.165) is 42.5 Å². The number of rotatable bonds is 7. The van der Waals surface area contributed by atoms with Crippen molar-refractivity contribution in [2.45, 2.75) is 51.2 Å². The highest BCUT2D eigenvalue weighted by Crippen LogP contribution is 2.40. The standard InChI is InChI=1S/C29H31FN4O2/c1-18-15-22(10-14-26(18)34-24-11-7-20(8-12-24)29(34)36)33-28(35)27(19-5-3-2-4-6-19)32-23-9-13-25(30)21(16-23)17-31/h2-6,9-10,13-16,20,24,27,32H,7-8,11-12,17,31H2,1H3,(H,33,35). The smallest absolute Gasteiger partial charge is 0.251 e. The summed E-state index contributed by atoms with van der Waals surface area (Å²) in [5.41, 5.74) is 9.94. The molecule has 0 spiro atoms. The second kappa shape index (κ2) is 10.1. The fourth-order valence-electron chi connectivity index (χ4n) is 5.42. The lowest BCUT2D eigenvalue weighted by molar-refractivity contribution is -0.127. The molecule has 6 nitrogen and oxygen atoms in total. The minimum atomic E-state index is -0.707. The van der Waals surface area contributed by atoms with Gasteiger partial charge in [-0.05, 0) is 80.1 Å². The summed E-state index contributed by atoms with van der Waals surface area (Å²) >= 11 is 0. The zero-order valence-electron chi connectivity index (χ0n) is 20.3. The van der Waals surface area contributed by atoms with Crippen LogP contribution < -0.4 is 21.3 Å². The summed E-state index contributed by atoms with van der Waals surface area (Å²) in [5.74, 6) is -0.264. The third-order valence-electron chi connectivity index (χ3n) is 7.34. The lowest BCUT2D eigenvalue weighted by atomic mass is 9.79. The van der Waals surface area contributed by atoms with Crippen LogP contribution in [0.25, 0.3) is 0 Å². The van der Waals surface area contributed by atoms with Crippen LogP contribution in [0.2, 0.25) is 0 Å². The third kappa shape index (κ3) is 4.71. The number of fused-ring (bicyclic) bond motifs is 3. The minimum Gasteiger partial charge on any atom is -0.370 e. The van der Waals surface area contributed by atoms with Gasteiger partial charge in [0.25, 0.3) is 5.91 Å². The van der Waals surface area contributed by atoms with E-state index in [9.17, 15) is 14.0 Å². The van der Waals surface area contributed by atoms with E-state index >= 15 is 0 Å². The number of nitrogens with one attached hydrogen (secondary N) is 2. The van der Waals surface area contributed by atoms with Crippen LogP contribution in [-0.4, -0.2) is 17.9 Å². The van der Waals surface area contributed by atoms with Gasteiger partial charge in [-0.15, -0.1) is 0 Å². The Kier molecular flexibility index (Phi) is 6.74. The summed E-state index contributed by atoms with van der Waals surface area (Å²) in [5, 5.41) is 6.25. The number of amides is 2. The van der Waals surface area contributed by atoms with Crippen LogP contribution in [0.4, 0.5) is 21.5 Å². The molecule has 1 atom stereocenters. The van der Waals surface area contributed by atoms with E-state index in [4.69, 9.17) is 5.73 Å². The first-order valence-electron chi connectivity index (χ1n) is 12.5. The van der Waals surface area contributed by atoms with E-state index in [2.05, 4.69) is 10.6 Å². The van der Waals surface area contributed by atoms with Crippen molar-refractivity contribution in [1.29, 1.82) is 0 Å². The third-order valence-corrected chi connectivity index (χ3v) is 7.34. The second-order valence-corrected chi connectivity index (χ2v) is 9.70. The lowest BCUT2D eigenvalue weighted by Crippen LogP contribution is -2.52. The van der Waals surface area contributed by atoms with Crippen LogP contribution in [0, 0.1) is 18.7 Å². The van der Waals surface area contributed by atoms with Gasteiger partial charge in [0.15, 0.2) is 0 Å². The molecular weight excluding hydrogens is 455 g/mol. The summed E-state index contributed by atoms with van der Waals surface area (Å²) in [6, 6.07) is 19.2. The van der Waals surface area contributed by atoms with Crippen LogP contribution in [0.3, 0.4) is 0 Å². The zero-order chi connectivity index (χ0) is 25.2. The van der Waals surface area contributed by atoms with Gasteiger partial charge in [0.2, 0.25) is 5.91 Å². The molecule has 2 bridgehead atoms. The number of anilines is 3. The van der Waals surface area contributed by atoms with Crippen molar-refractivity contribution in [2.75, 3.05) is 15.5 Å². The second-order valence-electron chi connectivity index (χ2n) is 9.70. The quantitative estimate of drug-likeness (QED) is 0.424. The molecule has 2 aliphatic heterocycles. The number of hydrogen-bond acceptors (Lipinski definition) is 4. The zero-order valence-corrected chi connectivity index (χ0v) is 20.3. The number of carbonyl (C=O) groups is 2. The highest BCUT2D eigenvalue weighted by atomic mass is 19.1. The summed E-state index contributed by atoms with van der Waals surface area (Å²) < 4.78 is 13.9. The van der Waals surface area contributed by atoms with Crippen LogP contribution in [-0.2, 0) is 16.1 Å². The molecule has 1 unspecified atom stereocenters. The average molecular weight is 487 g/mol. The average Bonchev–Trinajstić information content (AvgIpc) is 2.90. The van der Waals surface area contributed by atoms with Crippen LogP contribution in [0.15, 0.2) is 66.7 Å². The number of nitrogens with zero attached hydrogens (tertiary/aromatic N) is 1. The summed E-state index contributed by atoms with van der Waals surface area (Å²) in [6.45, 7) is 2.04. The van der Waals surface area contributed by atoms with Gasteiger partial charge < -0.3 is 21.3 Å². The number of nitrogens with two attached hydrogens (primary N) is 1. The van der Waals surface area contributed by atoms with Gasteiger partial charge in [-0.1, -0.05) is 30.3 Å². The highest BCUT2D eigenvalue weighted by Gasteiger charge is 2.41. The predicted octanol–water partition coefficient (Wildman–Crippen LogP) is 5.29. The van der Waals surface area contributed by atoms with Gasteiger partial charge in [0.05, 0.1) is 0 Å². The van der Waals surface area contributed by atoms with E-state index in [1.54, 1.807) is 12.1 Å². The molecule has 36 heavy (non-hydrogen) atoms. The van der Waals surface area contributed by atoms with Crippen LogP contribution in [0.5, 0.6) is 0 Å². The summed E-state index contributed by atoms with van der Waals surface area (Å²) in [4.78, 5) is 28.3. The molecule has 6 rings (SSSR count). The van der Waals surface area contributed by atoms with Crippen LogP contribution >= 0.6 is 0 Å². The first-order valence-corrected chi connectivity index (χ1v) is 12.5. The maximum Gasteiger partial charge on any atom is 0.251 e. The van der Waals surface area contributed by atoms with E-state index in [1.807, 2.05) is 60.4 Å². The SMILES string of the molecule is Cc1cc(NC(=O)C(Nc2ccc(F)c(CN)c2)c2ccccc2)ccc1N1C(=O)C2CCC1CC2. The Morgan fingerprint density at radius 3 is 2.42 bits per heavy atom. The van der Waals surface area contributed by atoms with Crippen molar-refractivity contribution in [3.05, 3.63) is 89.2 Å². The van der Waals surface area contributed by atoms with Crippen molar-refractivity contribution < 1.29 is 14.0 Å². The molecule has 2 saturated heterocycles. The molecule has 1 aliphatic carbocycles. The molecule has 0 aromatic heterocycles. The Balaban J connectivity index is 1.37. The topological polar surface area (TPSA) is 87.5 Å². The number of benzene rings is 3. The predicted molar refractivity (Wildman–Crippen MR) is 140 cm³/mol. The van der Waals surface area contributed by atoms with E-state index in [1.165, 1.54) is 6.07 Å². The number of aryl methyl sites for hydroxylation is 1. The molecule has 2 heterocycles. The van der Waals surface area contributed by atoms with Crippen molar-refractivity contribution >= 4 is 28.9 Å². The Hall–Kier alpha value is -3.71. The first kappa shape index (κ1) is 24.0. The Morgan fingerprint density at radius 2 is 1.75 bits per heavy atom. The van der Waals surface area contributed by atoms with Gasteiger partial charge in [-0.2, -0.15) is 0 Å². The molecule has 186 valence electrons. The Bertz CT molecular complexity index is 1270. The molecule has 7 heteroatoms. The number of halogens is 1. The molecule has 1 saturated carbocycles. The van der Waals surface area contributed by atoms with Crippen molar-refractivity contribution in [2.24, 2.45) is 11.7 Å². The fraction of sp³-hybridized carbons (Fsp3) is 0.310. The molecule has 3 aromatic carbocycles. The Labute approximate surface area is 210 Å². The van der Waals surface area contributed by atoms with E-state index in [0.29, 0.717) is 16.9 Å². The monoisotopic (exact) mass is 486 g/mol. The summed E-state index contributed by atoms with van der Waals surface area (Å²) in [6.07, 6.45) is 4.08. The van der Waals surface area contributed by atoms with Gasteiger partial charge in [-0.25, -0.2) is 4.39 Å². The van der Waals surface area contributed by atoms with Gasteiger partial charge >= 0.3 is 0 Å². The number of hydrogen-bond donors (Lipinski definition) is 3. The van der Waals surface area contributed by atoms with Crippen LogP contribution in [0.1, 0.15) is 48.4 Å². The minimum absolute atomic E-state index is 0.0658.